The Hall–Kier alpha value is -1.03. The van der Waals surface area contributed by atoms with Gasteiger partial charge in [-0.25, -0.2) is 4.79 Å². The zero-order chi connectivity index (χ0) is 14.0. The zero-order valence-corrected chi connectivity index (χ0v) is 12.4. The Morgan fingerprint density at radius 3 is 2.44 bits per heavy atom. The molecule has 18 heavy (non-hydrogen) atoms. The van der Waals surface area contributed by atoms with Crippen LogP contribution in [-0.2, 0) is 4.74 Å². The first kappa shape index (κ1) is 17.0. The normalized spacial score (nSPS) is 13.6. The number of carbonyl (C=O) groups is 1. The molecule has 4 heteroatoms. The first-order chi connectivity index (χ1) is 8.35. The predicted molar refractivity (Wildman–Crippen MR) is 75.7 cm³/mol. The monoisotopic (exact) mass is 256 g/mol. The molecule has 2 N–H and O–H groups in total. The summed E-state index contributed by atoms with van der Waals surface area (Å²) in [6.45, 7) is 12.3. The molecule has 0 heterocycles. The van der Waals surface area contributed by atoms with Crippen LogP contribution in [0.25, 0.3) is 0 Å². The molecule has 0 saturated heterocycles. The second kappa shape index (κ2) is 8.97. The molecule has 0 aromatic heterocycles. The predicted octanol–water partition coefficient (Wildman–Crippen LogP) is 2.70. The Bertz CT molecular complexity index is 257. The van der Waals surface area contributed by atoms with Gasteiger partial charge in [0.05, 0.1) is 0 Å². The van der Waals surface area contributed by atoms with E-state index in [9.17, 15) is 4.79 Å². The maximum Gasteiger partial charge on any atom is 0.407 e. The molecule has 0 radical (unpaired) electrons. The minimum Gasteiger partial charge on any atom is -0.444 e. The van der Waals surface area contributed by atoms with E-state index in [-0.39, 0.29) is 6.09 Å². The van der Waals surface area contributed by atoms with Gasteiger partial charge in [-0.05, 0) is 33.2 Å². The van der Waals surface area contributed by atoms with Crippen LogP contribution >= 0.6 is 0 Å². The lowest BCUT2D eigenvalue weighted by molar-refractivity contribution is 0.0534. The number of carbonyl (C=O) groups excluding carboxylic acids is 1. The largest absolute Gasteiger partial charge is 0.444 e. The molecule has 0 rings (SSSR count). The van der Waals surface area contributed by atoms with Crippen molar-refractivity contribution in [1.29, 1.82) is 0 Å². The Balaban J connectivity index is 3.51. The topological polar surface area (TPSA) is 50.4 Å². The minimum absolute atomic E-state index is 0.375. The van der Waals surface area contributed by atoms with Crippen LogP contribution in [0.1, 0.15) is 41.0 Å². The number of nitrogens with one attached hydrogen (secondary N) is 2. The fourth-order valence-electron chi connectivity index (χ4n) is 1.18. The maximum atomic E-state index is 11.3. The van der Waals surface area contributed by atoms with Gasteiger partial charge in [0.15, 0.2) is 0 Å². The molecular weight excluding hydrogens is 228 g/mol. The third-order valence-electron chi connectivity index (χ3n) is 2.38. The molecule has 0 saturated carbocycles. The summed E-state index contributed by atoms with van der Waals surface area (Å²) < 4.78 is 5.11. The number of hydrogen-bond acceptors (Lipinski definition) is 3. The van der Waals surface area contributed by atoms with E-state index in [2.05, 4.69) is 24.5 Å². The van der Waals surface area contributed by atoms with Gasteiger partial charge < -0.3 is 15.4 Å². The summed E-state index contributed by atoms with van der Waals surface area (Å²) >= 11 is 0. The Morgan fingerprint density at radius 1 is 1.28 bits per heavy atom. The zero-order valence-electron chi connectivity index (χ0n) is 12.4. The van der Waals surface area contributed by atoms with Crippen molar-refractivity contribution in [2.75, 3.05) is 19.6 Å². The lowest BCUT2D eigenvalue weighted by Crippen LogP contribution is -2.32. The molecule has 106 valence electrons. The molecule has 0 aliphatic rings. The number of ether oxygens (including phenoxy) is 1. The number of alkyl carbamates (subject to hydrolysis) is 1. The van der Waals surface area contributed by atoms with Crippen LogP contribution in [0.3, 0.4) is 0 Å². The molecule has 0 spiro atoms. The highest BCUT2D eigenvalue weighted by atomic mass is 16.6. The Morgan fingerprint density at radius 2 is 1.89 bits per heavy atom. The molecule has 0 fully saturated rings. The van der Waals surface area contributed by atoms with Gasteiger partial charge in [-0.15, -0.1) is 0 Å². The van der Waals surface area contributed by atoms with Gasteiger partial charge in [0, 0.05) is 13.1 Å². The lowest BCUT2D eigenvalue weighted by atomic mass is 10.1. The van der Waals surface area contributed by atoms with Crippen molar-refractivity contribution in [3.63, 3.8) is 0 Å². The van der Waals surface area contributed by atoms with Crippen LogP contribution in [0.15, 0.2) is 12.2 Å². The summed E-state index contributed by atoms with van der Waals surface area (Å²) in [7, 11) is 0. The van der Waals surface area contributed by atoms with Crippen LogP contribution < -0.4 is 10.6 Å². The van der Waals surface area contributed by atoms with Crippen molar-refractivity contribution in [3.8, 4) is 0 Å². The molecular formula is C14H28N2O2. The third-order valence-corrected chi connectivity index (χ3v) is 2.38. The highest BCUT2D eigenvalue weighted by Gasteiger charge is 2.14. The van der Waals surface area contributed by atoms with Gasteiger partial charge in [-0.3, -0.25) is 0 Å². The van der Waals surface area contributed by atoms with Crippen molar-refractivity contribution < 1.29 is 9.53 Å². The van der Waals surface area contributed by atoms with E-state index in [1.54, 1.807) is 0 Å². The molecule has 1 amide bonds. The number of hydrogen-bond donors (Lipinski definition) is 2. The summed E-state index contributed by atoms with van der Waals surface area (Å²) in [4.78, 5) is 11.3. The molecule has 0 aliphatic carbocycles. The molecule has 0 aromatic carbocycles. The van der Waals surface area contributed by atoms with Gasteiger partial charge in [0.2, 0.25) is 0 Å². The second-order valence-corrected chi connectivity index (χ2v) is 5.53. The molecule has 1 unspecified atom stereocenters. The van der Waals surface area contributed by atoms with Crippen LogP contribution in [0.2, 0.25) is 0 Å². The van der Waals surface area contributed by atoms with E-state index in [4.69, 9.17) is 4.74 Å². The SMILES string of the molecule is CCC(C)CNC/C=C/CNC(=O)OC(C)(C)C. The molecule has 4 nitrogen and oxygen atoms in total. The fraction of sp³-hybridized carbons (Fsp3) is 0.786. The molecule has 0 aromatic rings. The van der Waals surface area contributed by atoms with Gasteiger partial charge in [-0.1, -0.05) is 32.4 Å². The van der Waals surface area contributed by atoms with E-state index in [0.29, 0.717) is 12.5 Å². The second-order valence-electron chi connectivity index (χ2n) is 5.53. The van der Waals surface area contributed by atoms with E-state index in [1.165, 1.54) is 6.42 Å². The van der Waals surface area contributed by atoms with E-state index >= 15 is 0 Å². The highest BCUT2D eigenvalue weighted by Crippen LogP contribution is 2.06. The Labute approximate surface area is 111 Å². The van der Waals surface area contributed by atoms with Gasteiger partial charge in [-0.2, -0.15) is 0 Å². The minimum atomic E-state index is -0.439. The van der Waals surface area contributed by atoms with Gasteiger partial charge in [0.1, 0.15) is 5.60 Å². The summed E-state index contributed by atoms with van der Waals surface area (Å²) in [5.74, 6) is 0.707. The van der Waals surface area contributed by atoms with Crippen molar-refractivity contribution in [2.24, 2.45) is 5.92 Å². The van der Waals surface area contributed by atoms with Crippen LogP contribution in [-0.4, -0.2) is 31.3 Å². The number of amides is 1. The van der Waals surface area contributed by atoms with E-state index < -0.39 is 5.60 Å². The average molecular weight is 256 g/mol. The summed E-state index contributed by atoms with van der Waals surface area (Å²) in [6.07, 6.45) is 4.75. The van der Waals surface area contributed by atoms with Crippen molar-refractivity contribution >= 4 is 6.09 Å². The van der Waals surface area contributed by atoms with Crippen molar-refractivity contribution in [2.45, 2.75) is 46.6 Å². The molecule has 0 bridgehead atoms. The van der Waals surface area contributed by atoms with Crippen LogP contribution in [0.4, 0.5) is 4.79 Å². The summed E-state index contributed by atoms with van der Waals surface area (Å²) in [5, 5.41) is 6.01. The number of rotatable bonds is 7. The molecule has 0 aliphatic heterocycles. The summed E-state index contributed by atoms with van der Waals surface area (Å²) in [6, 6.07) is 0. The highest BCUT2D eigenvalue weighted by molar-refractivity contribution is 5.67. The first-order valence-corrected chi connectivity index (χ1v) is 6.67. The average Bonchev–Trinajstić information content (AvgIpc) is 2.25. The van der Waals surface area contributed by atoms with E-state index in [0.717, 1.165) is 13.1 Å². The van der Waals surface area contributed by atoms with Crippen LogP contribution in [0.5, 0.6) is 0 Å². The Kier molecular flexibility index (Phi) is 8.46. The third kappa shape index (κ3) is 11.5. The van der Waals surface area contributed by atoms with Crippen molar-refractivity contribution in [1.82, 2.24) is 10.6 Å². The van der Waals surface area contributed by atoms with Gasteiger partial charge in [0.25, 0.3) is 0 Å². The van der Waals surface area contributed by atoms with E-state index in [1.807, 2.05) is 32.9 Å². The van der Waals surface area contributed by atoms with Gasteiger partial charge >= 0.3 is 6.09 Å². The smallest absolute Gasteiger partial charge is 0.407 e. The quantitative estimate of drug-likeness (QED) is 0.544. The van der Waals surface area contributed by atoms with Crippen LogP contribution in [0, 0.1) is 5.92 Å². The maximum absolute atomic E-state index is 11.3. The summed E-state index contributed by atoms with van der Waals surface area (Å²) in [5.41, 5.74) is -0.439. The van der Waals surface area contributed by atoms with Crippen molar-refractivity contribution in [3.05, 3.63) is 12.2 Å². The lowest BCUT2D eigenvalue weighted by Gasteiger charge is -2.19. The molecule has 1 atom stereocenters. The fourth-order valence-corrected chi connectivity index (χ4v) is 1.18. The first-order valence-electron chi connectivity index (χ1n) is 6.67. The standard InChI is InChI=1S/C14H28N2O2/c1-6-12(2)11-15-9-7-8-10-16-13(17)18-14(3,4)5/h7-8,12,15H,6,9-11H2,1-5H3,(H,16,17)/b8-7+.